The molecule has 0 saturated carbocycles. The monoisotopic (exact) mass is 790 g/mol. The van der Waals surface area contributed by atoms with Crippen LogP contribution in [0.3, 0.4) is 0 Å². The minimum absolute atomic E-state index is 0.578. The first-order chi connectivity index (χ1) is 30.7. The van der Waals surface area contributed by atoms with Crippen molar-refractivity contribution >= 4 is 76.1 Å². The summed E-state index contributed by atoms with van der Waals surface area (Å²) in [6.45, 7) is 0. The first kappa shape index (κ1) is 34.5. The van der Waals surface area contributed by atoms with Gasteiger partial charge >= 0.3 is 0 Å². The van der Waals surface area contributed by atoms with Gasteiger partial charge in [0.2, 0.25) is 0 Å². The molecule has 13 rings (SSSR count). The van der Waals surface area contributed by atoms with Gasteiger partial charge in [0.1, 0.15) is 11.2 Å². The lowest BCUT2D eigenvalue weighted by Crippen LogP contribution is -2.02. The highest BCUT2D eigenvalue weighted by atomic mass is 16.3. The third-order valence-electron chi connectivity index (χ3n) is 12.4. The highest BCUT2D eigenvalue weighted by Crippen LogP contribution is 2.43. The van der Waals surface area contributed by atoms with Gasteiger partial charge in [0.05, 0.1) is 16.7 Å². The van der Waals surface area contributed by atoms with Crippen molar-refractivity contribution in [2.75, 3.05) is 0 Å². The van der Waals surface area contributed by atoms with Crippen molar-refractivity contribution in [3.05, 3.63) is 206 Å². The molecule has 0 unspecified atom stereocenters. The number of furan rings is 1. The Morgan fingerprint density at radius 1 is 0.323 bits per heavy atom. The SMILES string of the molecule is c1ccc(-c2ccc3c(-n4c5cc6ccccc6cc5c5c6ccccc6ccc54)ccc(-c4nc(-c5ccccc5)nc(-c5ccc6c(c5)oc5ccccc56)n4)c3c2)cc1. The van der Waals surface area contributed by atoms with Crippen LogP contribution in [0.4, 0.5) is 0 Å². The molecule has 5 nitrogen and oxygen atoms in total. The number of nitrogens with zero attached hydrogens (tertiary/aromatic N) is 4. The number of hydrogen-bond acceptors (Lipinski definition) is 4. The minimum atomic E-state index is 0.578. The van der Waals surface area contributed by atoms with Crippen molar-refractivity contribution in [2.24, 2.45) is 0 Å². The highest BCUT2D eigenvalue weighted by molar-refractivity contribution is 6.24. The Kier molecular flexibility index (Phi) is 7.54. The van der Waals surface area contributed by atoms with Crippen LogP contribution in [0.1, 0.15) is 0 Å². The zero-order valence-corrected chi connectivity index (χ0v) is 33.3. The molecule has 0 radical (unpaired) electrons. The summed E-state index contributed by atoms with van der Waals surface area (Å²) in [5.41, 5.74) is 9.99. The van der Waals surface area contributed by atoms with Crippen LogP contribution in [0.5, 0.6) is 0 Å². The molecule has 13 aromatic rings. The van der Waals surface area contributed by atoms with Crippen LogP contribution in [-0.2, 0) is 0 Å². The van der Waals surface area contributed by atoms with E-state index in [1.54, 1.807) is 0 Å². The van der Waals surface area contributed by atoms with Gasteiger partial charge < -0.3 is 8.98 Å². The molecule has 0 spiro atoms. The predicted molar refractivity (Wildman–Crippen MR) is 256 cm³/mol. The number of aromatic nitrogens is 4. The molecule has 0 N–H and O–H groups in total. The Bertz CT molecular complexity index is 3920. The summed E-state index contributed by atoms with van der Waals surface area (Å²) in [7, 11) is 0. The van der Waals surface area contributed by atoms with Gasteiger partial charge in [-0.05, 0) is 92.7 Å². The summed E-state index contributed by atoms with van der Waals surface area (Å²) in [5, 5.41) is 11.6. The molecule has 0 fully saturated rings. The van der Waals surface area contributed by atoms with Crippen LogP contribution in [0, 0.1) is 0 Å². The topological polar surface area (TPSA) is 56.7 Å². The summed E-state index contributed by atoms with van der Waals surface area (Å²) >= 11 is 0. The van der Waals surface area contributed by atoms with E-state index in [9.17, 15) is 0 Å². The Labute approximate surface area is 355 Å². The molecule has 5 heteroatoms. The lowest BCUT2D eigenvalue weighted by atomic mass is 9.96. The number of hydrogen-bond donors (Lipinski definition) is 0. The molecule has 3 heterocycles. The summed E-state index contributed by atoms with van der Waals surface area (Å²) in [6, 6.07) is 73.0. The van der Waals surface area contributed by atoms with Crippen LogP contribution in [0.25, 0.3) is 127 Å². The quantitative estimate of drug-likeness (QED) is 0.174. The minimum Gasteiger partial charge on any atom is -0.456 e. The van der Waals surface area contributed by atoms with Crippen molar-refractivity contribution in [3.63, 3.8) is 0 Å². The van der Waals surface area contributed by atoms with E-state index < -0.39 is 0 Å². The number of benzene rings is 10. The van der Waals surface area contributed by atoms with Crippen molar-refractivity contribution in [3.8, 4) is 51.0 Å². The molecule has 0 aliphatic heterocycles. The largest absolute Gasteiger partial charge is 0.456 e. The summed E-state index contributed by atoms with van der Waals surface area (Å²) < 4.78 is 8.79. The van der Waals surface area contributed by atoms with Crippen LogP contribution in [0.2, 0.25) is 0 Å². The number of rotatable bonds is 5. The second kappa shape index (κ2) is 13.6. The van der Waals surface area contributed by atoms with E-state index in [-0.39, 0.29) is 0 Å². The van der Waals surface area contributed by atoms with Crippen LogP contribution >= 0.6 is 0 Å². The van der Waals surface area contributed by atoms with E-state index in [4.69, 9.17) is 19.4 Å². The molecule has 0 atom stereocenters. The third kappa shape index (κ3) is 5.38. The van der Waals surface area contributed by atoms with Crippen LogP contribution in [-0.4, -0.2) is 19.5 Å². The average molecular weight is 791 g/mol. The van der Waals surface area contributed by atoms with Gasteiger partial charge in [0.15, 0.2) is 17.5 Å². The summed E-state index contributed by atoms with van der Waals surface area (Å²) in [4.78, 5) is 15.7. The van der Waals surface area contributed by atoms with Gasteiger partial charge in [-0.1, -0.05) is 152 Å². The first-order valence-electron chi connectivity index (χ1n) is 20.9. The van der Waals surface area contributed by atoms with Gasteiger partial charge in [0.25, 0.3) is 0 Å². The van der Waals surface area contributed by atoms with Gasteiger partial charge in [-0.3, -0.25) is 0 Å². The molecule has 0 aliphatic rings. The van der Waals surface area contributed by atoms with Crippen LogP contribution < -0.4 is 0 Å². The van der Waals surface area contributed by atoms with Gasteiger partial charge in [-0.2, -0.15) is 0 Å². The maximum Gasteiger partial charge on any atom is 0.164 e. The van der Waals surface area contributed by atoms with Crippen molar-refractivity contribution in [1.29, 1.82) is 0 Å². The van der Waals surface area contributed by atoms with E-state index in [0.29, 0.717) is 17.5 Å². The average Bonchev–Trinajstić information content (AvgIpc) is 3.88. The third-order valence-corrected chi connectivity index (χ3v) is 12.4. The zero-order valence-electron chi connectivity index (χ0n) is 33.3. The smallest absolute Gasteiger partial charge is 0.164 e. The summed E-state index contributed by atoms with van der Waals surface area (Å²) in [6.07, 6.45) is 0. The van der Waals surface area contributed by atoms with Crippen molar-refractivity contribution in [2.45, 2.75) is 0 Å². The molecule has 0 bridgehead atoms. The number of para-hydroxylation sites is 1. The molecular formula is C57H34N4O. The molecule has 62 heavy (non-hydrogen) atoms. The number of fused-ring (bicyclic) bond motifs is 10. The van der Waals surface area contributed by atoms with E-state index in [2.05, 4.69) is 168 Å². The molecule has 0 aliphatic carbocycles. The lowest BCUT2D eigenvalue weighted by molar-refractivity contribution is 0.669. The fraction of sp³-hybridized carbons (Fsp3) is 0. The first-order valence-corrected chi connectivity index (χ1v) is 20.9. The standard InChI is InChI=1S/C57H34N4O/c1-3-13-35(14-4-1)40-23-26-43-47(31-40)46(28-30-49(43)61-50-29-25-36-15-9-10-20-42(36)54(50)48-32-38-18-7-8-19-39(38)33-51(48)61)57-59-55(37-16-5-2-6-17-37)58-56(60-57)41-24-27-45-44-21-11-12-22-52(44)62-53(45)34-41/h1-34H. The molecule has 288 valence electrons. The lowest BCUT2D eigenvalue weighted by Gasteiger charge is -2.16. The second-order valence-electron chi connectivity index (χ2n) is 16.0. The molecular weight excluding hydrogens is 757 g/mol. The van der Waals surface area contributed by atoms with E-state index >= 15 is 0 Å². The van der Waals surface area contributed by atoms with Gasteiger partial charge in [-0.25, -0.2) is 15.0 Å². The maximum absolute atomic E-state index is 6.34. The van der Waals surface area contributed by atoms with Crippen molar-refractivity contribution < 1.29 is 4.42 Å². The summed E-state index contributed by atoms with van der Waals surface area (Å²) in [5.74, 6) is 1.78. The fourth-order valence-electron chi connectivity index (χ4n) is 9.47. The molecule has 0 saturated heterocycles. The molecule has 3 aromatic heterocycles. The Hall–Kier alpha value is -8.41. The zero-order chi connectivity index (χ0) is 40.7. The van der Waals surface area contributed by atoms with Crippen molar-refractivity contribution in [1.82, 2.24) is 19.5 Å². The van der Waals surface area contributed by atoms with Crippen LogP contribution in [0.15, 0.2) is 211 Å². The van der Waals surface area contributed by atoms with E-state index in [0.717, 1.165) is 77.2 Å². The second-order valence-corrected chi connectivity index (χ2v) is 16.0. The van der Waals surface area contributed by atoms with Gasteiger partial charge in [0, 0.05) is 43.6 Å². The van der Waals surface area contributed by atoms with E-state index in [1.807, 2.05) is 42.5 Å². The Balaban J connectivity index is 1.10. The Morgan fingerprint density at radius 3 is 1.77 bits per heavy atom. The maximum atomic E-state index is 6.34. The normalized spacial score (nSPS) is 11.9. The predicted octanol–water partition coefficient (Wildman–Crippen LogP) is 15.0. The van der Waals surface area contributed by atoms with E-state index in [1.165, 1.54) is 32.3 Å². The fourth-order valence-corrected chi connectivity index (χ4v) is 9.47. The highest BCUT2D eigenvalue weighted by Gasteiger charge is 2.21. The molecule has 0 amide bonds. The van der Waals surface area contributed by atoms with Gasteiger partial charge in [-0.15, -0.1) is 0 Å². The molecule has 10 aromatic carbocycles. The Morgan fingerprint density at radius 2 is 0.952 bits per heavy atom.